The van der Waals surface area contributed by atoms with Crippen molar-refractivity contribution in [2.45, 2.75) is 33.7 Å². The molecule has 1 atom stereocenters. The van der Waals surface area contributed by atoms with E-state index in [-0.39, 0.29) is 0 Å². The molecule has 1 N–H and O–H groups in total. The van der Waals surface area contributed by atoms with E-state index in [9.17, 15) is 0 Å². The van der Waals surface area contributed by atoms with E-state index in [1.165, 1.54) is 0 Å². The molecule has 0 aliphatic heterocycles. The molecule has 0 radical (unpaired) electrons. The zero-order valence-electron chi connectivity index (χ0n) is 13.2. The highest BCUT2D eigenvalue weighted by molar-refractivity contribution is 4.78. The summed E-state index contributed by atoms with van der Waals surface area (Å²) in [6, 6.07) is 0.579. The van der Waals surface area contributed by atoms with Gasteiger partial charge in [0.05, 0.1) is 0 Å². The molecule has 3 nitrogen and oxygen atoms in total. The molecule has 3 heteroatoms. The lowest BCUT2D eigenvalue weighted by atomic mass is 9.92. The summed E-state index contributed by atoms with van der Waals surface area (Å²) in [5, 5.41) is 3.41. The number of hydrogen-bond acceptors (Lipinski definition) is 3. The Morgan fingerprint density at radius 3 is 1.94 bits per heavy atom. The van der Waals surface area contributed by atoms with Crippen LogP contribution in [0.25, 0.3) is 0 Å². The fraction of sp³-hybridized carbons (Fsp3) is 1.00. The number of nitrogens with one attached hydrogen (secondary N) is 1. The van der Waals surface area contributed by atoms with Gasteiger partial charge < -0.3 is 15.1 Å². The summed E-state index contributed by atoms with van der Waals surface area (Å²) in [6.07, 6.45) is 0. The smallest absolute Gasteiger partial charge is 0.0214 e. The first-order valence-electron chi connectivity index (χ1n) is 6.68. The standard InChI is InChI=1S/C14H33N3/c1-12(2)13(15-5)9-17(8)11-14(3,4)10-16(6)7/h12-13,15H,9-11H2,1-8H3. The number of rotatable bonds is 8. The maximum atomic E-state index is 3.41. The Labute approximate surface area is 109 Å². The number of hydrogen-bond donors (Lipinski definition) is 1. The summed E-state index contributed by atoms with van der Waals surface area (Å²) in [6.45, 7) is 12.6. The molecule has 104 valence electrons. The van der Waals surface area contributed by atoms with Gasteiger partial charge in [0, 0.05) is 25.7 Å². The van der Waals surface area contributed by atoms with Crippen LogP contribution < -0.4 is 5.32 Å². The summed E-state index contributed by atoms with van der Waals surface area (Å²) in [5.41, 5.74) is 0.341. The van der Waals surface area contributed by atoms with Crippen molar-refractivity contribution in [3.05, 3.63) is 0 Å². The first-order valence-corrected chi connectivity index (χ1v) is 6.68. The van der Waals surface area contributed by atoms with Gasteiger partial charge >= 0.3 is 0 Å². The first kappa shape index (κ1) is 16.9. The minimum absolute atomic E-state index is 0.341. The van der Waals surface area contributed by atoms with Crippen molar-refractivity contribution < 1.29 is 0 Å². The molecular weight excluding hydrogens is 210 g/mol. The quantitative estimate of drug-likeness (QED) is 0.701. The minimum Gasteiger partial charge on any atom is -0.315 e. The Bertz CT molecular complexity index is 200. The third-order valence-electron chi connectivity index (χ3n) is 3.13. The Morgan fingerprint density at radius 1 is 1.06 bits per heavy atom. The van der Waals surface area contributed by atoms with Gasteiger partial charge in [-0.2, -0.15) is 0 Å². The van der Waals surface area contributed by atoms with Crippen LogP contribution in [0.1, 0.15) is 27.7 Å². The molecule has 0 spiro atoms. The molecule has 0 aliphatic rings. The summed E-state index contributed by atoms with van der Waals surface area (Å²) in [7, 11) is 8.58. The fourth-order valence-corrected chi connectivity index (χ4v) is 2.67. The molecule has 0 saturated carbocycles. The summed E-state index contributed by atoms with van der Waals surface area (Å²) >= 11 is 0. The molecule has 0 amide bonds. The van der Waals surface area contributed by atoms with Crippen molar-refractivity contribution in [1.29, 1.82) is 0 Å². The van der Waals surface area contributed by atoms with Crippen LogP contribution >= 0.6 is 0 Å². The summed E-state index contributed by atoms with van der Waals surface area (Å²) in [4.78, 5) is 4.72. The average Bonchev–Trinajstić information content (AvgIpc) is 2.10. The van der Waals surface area contributed by atoms with Crippen LogP contribution in [0.15, 0.2) is 0 Å². The van der Waals surface area contributed by atoms with E-state index in [1.807, 2.05) is 0 Å². The Hall–Kier alpha value is -0.120. The van der Waals surface area contributed by atoms with Crippen LogP contribution in [0.3, 0.4) is 0 Å². The van der Waals surface area contributed by atoms with Gasteiger partial charge in [-0.15, -0.1) is 0 Å². The van der Waals surface area contributed by atoms with Gasteiger partial charge in [0.2, 0.25) is 0 Å². The second-order valence-electron chi connectivity index (χ2n) is 6.74. The van der Waals surface area contributed by atoms with Gasteiger partial charge in [-0.1, -0.05) is 27.7 Å². The van der Waals surface area contributed by atoms with Gasteiger partial charge in [-0.05, 0) is 39.5 Å². The highest BCUT2D eigenvalue weighted by Crippen LogP contribution is 2.17. The fourth-order valence-electron chi connectivity index (χ4n) is 2.67. The molecule has 0 bridgehead atoms. The van der Waals surface area contributed by atoms with Gasteiger partial charge in [0.1, 0.15) is 0 Å². The molecule has 0 heterocycles. The largest absolute Gasteiger partial charge is 0.315 e. The number of nitrogens with zero attached hydrogens (tertiary/aromatic N) is 2. The van der Waals surface area contributed by atoms with E-state index in [4.69, 9.17) is 0 Å². The number of likely N-dealkylation sites (N-methyl/N-ethyl adjacent to an activating group) is 2. The Balaban J connectivity index is 4.19. The van der Waals surface area contributed by atoms with E-state index in [0.717, 1.165) is 19.6 Å². The van der Waals surface area contributed by atoms with Crippen LogP contribution in [0, 0.1) is 11.3 Å². The lowest BCUT2D eigenvalue weighted by molar-refractivity contribution is 0.150. The van der Waals surface area contributed by atoms with Crippen LogP contribution in [0.5, 0.6) is 0 Å². The van der Waals surface area contributed by atoms with Crippen LogP contribution in [-0.4, -0.2) is 63.7 Å². The van der Waals surface area contributed by atoms with Crippen LogP contribution in [0.2, 0.25) is 0 Å². The van der Waals surface area contributed by atoms with E-state index in [1.54, 1.807) is 0 Å². The van der Waals surface area contributed by atoms with Gasteiger partial charge in [-0.3, -0.25) is 0 Å². The Kier molecular flexibility index (Phi) is 7.29. The van der Waals surface area contributed by atoms with Gasteiger partial charge in [0.25, 0.3) is 0 Å². The maximum Gasteiger partial charge on any atom is 0.0214 e. The zero-order valence-corrected chi connectivity index (χ0v) is 13.2. The summed E-state index contributed by atoms with van der Waals surface area (Å²) in [5.74, 6) is 0.680. The van der Waals surface area contributed by atoms with Crippen molar-refractivity contribution in [1.82, 2.24) is 15.1 Å². The average molecular weight is 243 g/mol. The highest BCUT2D eigenvalue weighted by Gasteiger charge is 2.22. The van der Waals surface area contributed by atoms with Gasteiger partial charge in [-0.25, -0.2) is 0 Å². The SMILES string of the molecule is CNC(CN(C)CC(C)(C)CN(C)C)C(C)C. The molecule has 0 aromatic rings. The van der Waals surface area contributed by atoms with E-state index < -0.39 is 0 Å². The molecule has 0 rings (SSSR count). The van der Waals surface area contributed by atoms with E-state index in [2.05, 4.69) is 71.0 Å². The van der Waals surface area contributed by atoms with E-state index >= 15 is 0 Å². The molecule has 0 aliphatic carbocycles. The predicted molar refractivity (Wildman–Crippen MR) is 77.5 cm³/mol. The van der Waals surface area contributed by atoms with Crippen molar-refractivity contribution >= 4 is 0 Å². The third-order valence-corrected chi connectivity index (χ3v) is 3.13. The minimum atomic E-state index is 0.341. The molecular formula is C14H33N3. The summed E-state index contributed by atoms with van der Waals surface area (Å²) < 4.78 is 0. The van der Waals surface area contributed by atoms with Crippen molar-refractivity contribution in [3.63, 3.8) is 0 Å². The second-order valence-corrected chi connectivity index (χ2v) is 6.74. The molecule has 1 unspecified atom stereocenters. The lowest BCUT2D eigenvalue weighted by Gasteiger charge is -2.35. The van der Waals surface area contributed by atoms with Crippen molar-refractivity contribution in [2.75, 3.05) is 47.8 Å². The van der Waals surface area contributed by atoms with Crippen molar-refractivity contribution in [3.8, 4) is 0 Å². The maximum absolute atomic E-state index is 3.41. The molecule has 17 heavy (non-hydrogen) atoms. The monoisotopic (exact) mass is 243 g/mol. The predicted octanol–water partition coefficient (Wildman–Crippen LogP) is 1.75. The van der Waals surface area contributed by atoms with Crippen molar-refractivity contribution in [2.24, 2.45) is 11.3 Å². The highest BCUT2D eigenvalue weighted by atomic mass is 15.1. The molecule has 0 aromatic carbocycles. The van der Waals surface area contributed by atoms with E-state index in [0.29, 0.717) is 17.4 Å². The topological polar surface area (TPSA) is 18.5 Å². The molecule has 0 saturated heterocycles. The molecule has 0 aromatic heterocycles. The molecule has 0 fully saturated rings. The lowest BCUT2D eigenvalue weighted by Crippen LogP contribution is -2.45. The zero-order chi connectivity index (χ0) is 13.6. The van der Waals surface area contributed by atoms with Crippen LogP contribution in [0.4, 0.5) is 0 Å². The Morgan fingerprint density at radius 2 is 1.59 bits per heavy atom. The normalized spacial score (nSPS) is 15.0. The third kappa shape index (κ3) is 7.74. The van der Waals surface area contributed by atoms with Gasteiger partial charge in [0.15, 0.2) is 0 Å². The first-order chi connectivity index (χ1) is 7.68. The second kappa shape index (κ2) is 7.34. The van der Waals surface area contributed by atoms with Crippen LogP contribution in [-0.2, 0) is 0 Å².